The maximum Gasteiger partial charge on any atom is 0.345 e. The number of guanidine groups is 1. The number of ether oxygens (including phenoxy) is 3. The van der Waals surface area contributed by atoms with Gasteiger partial charge in [0.05, 0.1) is 14.2 Å². The second kappa shape index (κ2) is 13.8. The van der Waals surface area contributed by atoms with Crippen molar-refractivity contribution in [1.82, 2.24) is 10.2 Å². The molecule has 12 nitrogen and oxygen atoms in total. The Balaban J connectivity index is 2.48. The van der Waals surface area contributed by atoms with Gasteiger partial charge in [0.2, 0.25) is 5.91 Å². The van der Waals surface area contributed by atoms with Crippen molar-refractivity contribution in [1.29, 1.82) is 0 Å². The quantitative estimate of drug-likeness (QED) is 0.121. The van der Waals surface area contributed by atoms with Crippen molar-refractivity contribution >= 4 is 23.7 Å². The number of aliphatic imine (C=N–C) groups is 1. The van der Waals surface area contributed by atoms with E-state index in [1.54, 1.807) is 48.5 Å². The normalized spacial score (nSPS) is 12.9. The fraction of sp³-hybridized carbons (Fsp3) is 0.385. The van der Waals surface area contributed by atoms with Gasteiger partial charge < -0.3 is 30.8 Å². The highest BCUT2D eigenvalue weighted by Gasteiger charge is 2.49. The van der Waals surface area contributed by atoms with Crippen LogP contribution in [0.1, 0.15) is 32.3 Å². The lowest BCUT2D eigenvalue weighted by Gasteiger charge is -2.40. The van der Waals surface area contributed by atoms with Gasteiger partial charge in [-0.1, -0.05) is 18.2 Å². The number of para-hydroxylation sites is 1. The second-order valence-electron chi connectivity index (χ2n) is 8.42. The third-order valence-corrected chi connectivity index (χ3v) is 5.66. The number of carboxylic acids is 1. The first-order valence-corrected chi connectivity index (χ1v) is 11.9. The van der Waals surface area contributed by atoms with E-state index in [0.29, 0.717) is 27.7 Å². The van der Waals surface area contributed by atoms with E-state index in [9.17, 15) is 19.5 Å². The van der Waals surface area contributed by atoms with E-state index in [4.69, 9.17) is 25.7 Å². The largest absolute Gasteiger partial charge is 0.497 e. The Morgan fingerprint density at radius 2 is 1.66 bits per heavy atom. The number of nitrogens with zero attached hydrogens (tertiary/aromatic N) is 2. The molecule has 0 aromatic heterocycles. The molecule has 12 heteroatoms. The Labute approximate surface area is 221 Å². The van der Waals surface area contributed by atoms with Crippen molar-refractivity contribution in [3.8, 4) is 17.2 Å². The summed E-state index contributed by atoms with van der Waals surface area (Å²) in [5, 5.41) is 13.4. The predicted molar refractivity (Wildman–Crippen MR) is 141 cm³/mol. The lowest BCUT2D eigenvalue weighted by atomic mass is 9.99. The van der Waals surface area contributed by atoms with Crippen LogP contribution in [0.5, 0.6) is 17.2 Å². The van der Waals surface area contributed by atoms with Crippen LogP contribution in [0.3, 0.4) is 0 Å². The third-order valence-electron chi connectivity index (χ3n) is 5.66. The number of nitrogens with one attached hydrogen (secondary N) is 1. The van der Waals surface area contributed by atoms with E-state index in [2.05, 4.69) is 10.3 Å². The first kappa shape index (κ1) is 29.9. The molecule has 0 bridgehead atoms. The van der Waals surface area contributed by atoms with E-state index >= 15 is 0 Å². The number of carbonyl (C=O) groups excluding carboxylic acids is 2. The summed E-state index contributed by atoms with van der Waals surface area (Å²) in [7, 11) is 2.98. The minimum atomic E-state index is -2.15. The van der Waals surface area contributed by atoms with Crippen LogP contribution < -0.4 is 31.0 Å². The number of hydrogen-bond acceptors (Lipinski definition) is 8. The van der Waals surface area contributed by atoms with Crippen LogP contribution in [0, 0.1) is 0 Å². The topological polar surface area (TPSA) is 179 Å². The molecule has 0 aliphatic carbocycles. The summed E-state index contributed by atoms with van der Waals surface area (Å²) in [5.41, 5.74) is 9.25. The molecule has 2 rings (SSSR count). The highest BCUT2D eigenvalue weighted by atomic mass is 16.5. The Morgan fingerprint density at radius 1 is 1.05 bits per heavy atom. The summed E-state index contributed by atoms with van der Waals surface area (Å²) in [4.78, 5) is 43.9. The Morgan fingerprint density at radius 3 is 2.16 bits per heavy atom. The van der Waals surface area contributed by atoms with Crippen molar-refractivity contribution in [2.24, 2.45) is 16.5 Å². The summed E-state index contributed by atoms with van der Waals surface area (Å²) in [6, 6.07) is 13.6. The molecule has 38 heavy (non-hydrogen) atoms. The van der Waals surface area contributed by atoms with Gasteiger partial charge in [0.15, 0.2) is 17.7 Å². The van der Waals surface area contributed by atoms with Gasteiger partial charge in [0.25, 0.3) is 5.91 Å². The van der Waals surface area contributed by atoms with Crippen molar-refractivity contribution in [2.75, 3.05) is 20.8 Å². The molecular weight excluding hydrogens is 494 g/mol. The molecular formula is C26H35N5O7. The molecule has 0 heterocycles. The van der Waals surface area contributed by atoms with Gasteiger partial charge in [-0.05, 0) is 49.6 Å². The zero-order chi connectivity index (χ0) is 28.3. The molecule has 6 N–H and O–H groups in total. The fourth-order valence-electron chi connectivity index (χ4n) is 3.86. The summed E-state index contributed by atoms with van der Waals surface area (Å²) in [5.74, 6) is -1.85. The molecule has 0 saturated heterocycles. The molecule has 2 aromatic rings. The van der Waals surface area contributed by atoms with Crippen molar-refractivity contribution in [3.63, 3.8) is 0 Å². The van der Waals surface area contributed by atoms with Crippen LogP contribution in [-0.4, -0.2) is 66.3 Å². The molecule has 0 aliphatic heterocycles. The van der Waals surface area contributed by atoms with E-state index in [1.807, 2.05) is 0 Å². The van der Waals surface area contributed by atoms with E-state index < -0.39 is 29.6 Å². The lowest BCUT2D eigenvalue weighted by Crippen LogP contribution is -2.68. The SMILES string of the molecule is COc1cc(CN[C@](CCCN=C(N)N)(C(=O)O)N(C(C)=O)C(=O)C(C)Oc2ccccc2)cc(OC)c1. The Kier molecular flexibility index (Phi) is 10.9. The smallest absolute Gasteiger partial charge is 0.345 e. The minimum Gasteiger partial charge on any atom is -0.497 e. The van der Waals surface area contributed by atoms with Crippen LogP contribution in [0.15, 0.2) is 53.5 Å². The first-order chi connectivity index (χ1) is 18.0. The first-order valence-electron chi connectivity index (χ1n) is 11.9. The van der Waals surface area contributed by atoms with Crippen LogP contribution in [0.4, 0.5) is 0 Å². The molecule has 0 fully saturated rings. The molecule has 0 spiro atoms. The molecule has 0 aliphatic rings. The molecule has 0 radical (unpaired) electrons. The zero-order valence-corrected chi connectivity index (χ0v) is 22.0. The minimum absolute atomic E-state index is 0.0485. The molecule has 2 aromatic carbocycles. The number of benzene rings is 2. The number of amides is 2. The monoisotopic (exact) mass is 529 g/mol. The van der Waals surface area contributed by atoms with Crippen LogP contribution in [0.25, 0.3) is 0 Å². The molecule has 206 valence electrons. The highest BCUT2D eigenvalue weighted by Crippen LogP contribution is 2.26. The van der Waals surface area contributed by atoms with Gasteiger partial charge in [-0.2, -0.15) is 0 Å². The second-order valence-corrected chi connectivity index (χ2v) is 8.42. The van der Waals surface area contributed by atoms with Gasteiger partial charge in [-0.25, -0.2) is 9.69 Å². The van der Waals surface area contributed by atoms with Crippen molar-refractivity contribution in [2.45, 2.75) is 45.0 Å². The number of rotatable bonds is 14. The van der Waals surface area contributed by atoms with Gasteiger partial charge in [-0.15, -0.1) is 0 Å². The maximum absolute atomic E-state index is 13.6. The summed E-state index contributed by atoms with van der Waals surface area (Å²) in [6.45, 7) is 2.61. The van der Waals surface area contributed by atoms with Gasteiger partial charge in [-0.3, -0.25) is 19.9 Å². The van der Waals surface area contributed by atoms with Crippen molar-refractivity contribution in [3.05, 3.63) is 54.1 Å². The van der Waals surface area contributed by atoms with E-state index in [1.165, 1.54) is 21.1 Å². The Bertz CT molecular complexity index is 1120. The molecule has 0 saturated carbocycles. The highest BCUT2D eigenvalue weighted by molar-refractivity contribution is 6.01. The maximum atomic E-state index is 13.6. The standard InChI is InChI=1S/C26H35N5O7/c1-17(38-20-9-6-5-7-10-20)23(33)31(18(2)32)26(24(34)35,11-8-12-29-25(27)28)30-16-19-13-21(36-3)15-22(14-19)37-4/h5-7,9-10,13-15,17,30H,8,11-12,16H2,1-4H3,(H,34,35)(H4,27,28,29)/t17?,26-/m0/s1. The fourth-order valence-corrected chi connectivity index (χ4v) is 3.86. The average Bonchev–Trinajstić information content (AvgIpc) is 2.89. The predicted octanol–water partition coefficient (Wildman–Crippen LogP) is 1.47. The van der Waals surface area contributed by atoms with Crippen molar-refractivity contribution < 1.29 is 33.7 Å². The van der Waals surface area contributed by atoms with E-state index in [0.717, 1.165) is 6.92 Å². The average molecular weight is 530 g/mol. The summed E-state index contributed by atoms with van der Waals surface area (Å²) < 4.78 is 16.3. The van der Waals surface area contributed by atoms with E-state index in [-0.39, 0.29) is 31.9 Å². The Hall–Kier alpha value is -4.32. The van der Waals surface area contributed by atoms with Crippen LogP contribution in [0.2, 0.25) is 0 Å². The number of carbonyl (C=O) groups is 3. The molecule has 2 amide bonds. The number of methoxy groups -OCH3 is 2. The van der Waals surface area contributed by atoms with Crippen LogP contribution >= 0.6 is 0 Å². The van der Waals surface area contributed by atoms with Gasteiger partial charge >= 0.3 is 5.97 Å². The summed E-state index contributed by atoms with van der Waals surface area (Å²) in [6.07, 6.45) is -1.22. The number of nitrogens with two attached hydrogens (primary N) is 2. The zero-order valence-electron chi connectivity index (χ0n) is 22.0. The lowest BCUT2D eigenvalue weighted by molar-refractivity contribution is -0.172. The molecule has 1 unspecified atom stereocenters. The third kappa shape index (κ3) is 7.84. The van der Waals surface area contributed by atoms with Gasteiger partial charge in [0, 0.05) is 26.1 Å². The number of hydrogen-bond donors (Lipinski definition) is 4. The number of aliphatic carboxylic acids is 1. The number of carboxylic acid groups (broad SMARTS) is 1. The van der Waals surface area contributed by atoms with Gasteiger partial charge in [0.1, 0.15) is 17.2 Å². The van der Waals surface area contributed by atoms with Crippen LogP contribution in [-0.2, 0) is 20.9 Å². The number of imide groups is 1. The molecule has 2 atom stereocenters. The summed E-state index contributed by atoms with van der Waals surface area (Å²) >= 11 is 0.